The predicted molar refractivity (Wildman–Crippen MR) is 152 cm³/mol. The summed E-state index contributed by atoms with van der Waals surface area (Å²) < 4.78 is 0. The van der Waals surface area contributed by atoms with E-state index in [1.165, 1.54) is 33.4 Å². The molecule has 0 heteroatoms. The SMILES string of the molecule is C=C/C=C\C(=C/C)c1ccccc1-c1ccccc1C(/C=C\C=C)=C/C.CC.CC.CC. The molecular weight excluding hydrogens is 384 g/mol. The van der Waals surface area contributed by atoms with Crippen molar-refractivity contribution in [2.45, 2.75) is 55.4 Å². The van der Waals surface area contributed by atoms with Gasteiger partial charge in [0.15, 0.2) is 0 Å². The number of hydrogen-bond donors (Lipinski definition) is 0. The Morgan fingerprint density at radius 2 is 0.875 bits per heavy atom. The lowest BCUT2D eigenvalue weighted by atomic mass is 9.89. The van der Waals surface area contributed by atoms with Crippen LogP contribution in [0.2, 0.25) is 0 Å². The molecule has 0 nitrogen and oxygen atoms in total. The summed E-state index contributed by atoms with van der Waals surface area (Å²) in [6, 6.07) is 17.1. The molecule has 0 fully saturated rings. The molecule has 0 aliphatic rings. The zero-order chi connectivity index (χ0) is 24.8. The van der Waals surface area contributed by atoms with Gasteiger partial charge in [-0.15, -0.1) is 0 Å². The highest BCUT2D eigenvalue weighted by atomic mass is 14.2. The van der Waals surface area contributed by atoms with Crippen LogP contribution in [-0.2, 0) is 0 Å². The van der Waals surface area contributed by atoms with Crippen molar-refractivity contribution in [3.63, 3.8) is 0 Å². The number of rotatable bonds is 7. The first kappa shape index (κ1) is 31.1. The Hall–Kier alpha value is -3.12. The van der Waals surface area contributed by atoms with Gasteiger partial charge in [-0.2, -0.15) is 0 Å². The summed E-state index contributed by atoms with van der Waals surface area (Å²) >= 11 is 0. The van der Waals surface area contributed by atoms with E-state index < -0.39 is 0 Å². The van der Waals surface area contributed by atoms with Gasteiger partial charge in [-0.25, -0.2) is 0 Å². The minimum absolute atomic E-state index is 1.18. The minimum Gasteiger partial charge on any atom is -0.0991 e. The third kappa shape index (κ3) is 9.79. The molecule has 2 aromatic carbocycles. The lowest BCUT2D eigenvalue weighted by molar-refractivity contribution is 1.50. The topological polar surface area (TPSA) is 0 Å². The van der Waals surface area contributed by atoms with Crippen molar-refractivity contribution in [2.24, 2.45) is 0 Å². The summed E-state index contributed by atoms with van der Waals surface area (Å²) in [4.78, 5) is 0. The standard InChI is InChI=1S/C26H26.3C2H6/c1-5-9-15-21(7-3)23-17-11-13-19-25(23)26-20-14-12-18-24(26)22(8-4)16-10-6-2;3*1-2/h5-20H,1-2H2,3-4H3;3*1-2H3/b15-9-,16-10-,21-7+,22-8+;;;. The molecule has 0 aliphatic carbocycles. The van der Waals surface area contributed by atoms with E-state index in [0.717, 1.165) is 0 Å². The van der Waals surface area contributed by atoms with Crippen LogP contribution < -0.4 is 0 Å². The molecule has 0 saturated carbocycles. The molecule has 172 valence electrons. The summed E-state index contributed by atoms with van der Waals surface area (Å²) in [5.41, 5.74) is 7.22. The van der Waals surface area contributed by atoms with Crippen molar-refractivity contribution in [3.05, 3.63) is 121 Å². The third-order valence-corrected chi connectivity index (χ3v) is 4.21. The predicted octanol–water partition coefficient (Wildman–Crippen LogP) is 10.7. The van der Waals surface area contributed by atoms with Crippen LogP contribution in [0.3, 0.4) is 0 Å². The molecular formula is C32H44. The van der Waals surface area contributed by atoms with Crippen molar-refractivity contribution in [2.75, 3.05) is 0 Å². The number of hydrogen-bond acceptors (Lipinski definition) is 0. The van der Waals surface area contributed by atoms with Gasteiger partial charge in [-0.05, 0) is 47.2 Å². The summed E-state index contributed by atoms with van der Waals surface area (Å²) in [5.74, 6) is 0. The zero-order valence-electron chi connectivity index (χ0n) is 21.7. The minimum atomic E-state index is 1.18. The van der Waals surface area contributed by atoms with Crippen LogP contribution >= 0.6 is 0 Å². The summed E-state index contributed by atoms with van der Waals surface area (Å²) in [6.45, 7) is 23.7. The molecule has 0 aromatic heterocycles. The van der Waals surface area contributed by atoms with Crippen molar-refractivity contribution < 1.29 is 0 Å². The Morgan fingerprint density at radius 3 is 1.16 bits per heavy atom. The molecule has 0 unspecified atom stereocenters. The fourth-order valence-electron chi connectivity index (χ4n) is 2.97. The molecule has 0 N–H and O–H groups in total. The van der Waals surface area contributed by atoms with E-state index in [4.69, 9.17) is 0 Å². The van der Waals surface area contributed by atoms with Crippen LogP contribution in [0.15, 0.2) is 110 Å². The Kier molecular flexibility index (Phi) is 20.5. The fraction of sp³-hybridized carbons (Fsp3) is 0.250. The van der Waals surface area contributed by atoms with Gasteiger partial charge < -0.3 is 0 Å². The number of benzene rings is 2. The molecule has 32 heavy (non-hydrogen) atoms. The highest BCUT2D eigenvalue weighted by molar-refractivity contribution is 5.91. The second kappa shape index (κ2) is 21.1. The molecule has 2 rings (SSSR count). The summed E-state index contributed by atoms with van der Waals surface area (Å²) in [5, 5.41) is 0. The highest BCUT2D eigenvalue weighted by Crippen LogP contribution is 2.35. The molecule has 0 atom stereocenters. The lowest BCUT2D eigenvalue weighted by Crippen LogP contribution is -1.92. The monoisotopic (exact) mass is 428 g/mol. The molecule has 0 amide bonds. The van der Waals surface area contributed by atoms with Gasteiger partial charge in [0.1, 0.15) is 0 Å². The van der Waals surface area contributed by atoms with Gasteiger partial charge in [0.25, 0.3) is 0 Å². The van der Waals surface area contributed by atoms with Crippen molar-refractivity contribution in [1.29, 1.82) is 0 Å². The van der Waals surface area contributed by atoms with E-state index in [1.807, 2.05) is 53.7 Å². The van der Waals surface area contributed by atoms with Gasteiger partial charge in [0, 0.05) is 0 Å². The Balaban J connectivity index is 0. The second-order valence-corrected chi connectivity index (χ2v) is 5.77. The average molecular weight is 429 g/mol. The van der Waals surface area contributed by atoms with Crippen LogP contribution in [-0.4, -0.2) is 0 Å². The normalized spacial score (nSPS) is 10.9. The van der Waals surface area contributed by atoms with E-state index in [2.05, 4.69) is 99.8 Å². The van der Waals surface area contributed by atoms with Gasteiger partial charge >= 0.3 is 0 Å². The molecule has 0 bridgehead atoms. The highest BCUT2D eigenvalue weighted by Gasteiger charge is 2.12. The quantitative estimate of drug-likeness (QED) is 0.385. The Labute approximate surface area is 199 Å². The first-order valence-corrected chi connectivity index (χ1v) is 11.9. The first-order valence-electron chi connectivity index (χ1n) is 11.9. The third-order valence-electron chi connectivity index (χ3n) is 4.21. The number of allylic oxidation sites excluding steroid dienone is 10. The van der Waals surface area contributed by atoms with Gasteiger partial charge in [0.2, 0.25) is 0 Å². The molecule has 0 spiro atoms. The van der Waals surface area contributed by atoms with E-state index in [-0.39, 0.29) is 0 Å². The van der Waals surface area contributed by atoms with Crippen LogP contribution in [0.4, 0.5) is 0 Å². The van der Waals surface area contributed by atoms with E-state index in [0.29, 0.717) is 0 Å². The van der Waals surface area contributed by atoms with Gasteiger partial charge in [0.05, 0.1) is 0 Å². The molecule has 2 aromatic rings. The zero-order valence-corrected chi connectivity index (χ0v) is 21.7. The van der Waals surface area contributed by atoms with Crippen LogP contribution in [0.1, 0.15) is 66.5 Å². The average Bonchev–Trinajstić information content (AvgIpc) is 2.89. The molecule has 0 aliphatic heterocycles. The molecule has 0 heterocycles. The Bertz CT molecular complexity index is 810. The molecule has 0 saturated heterocycles. The largest absolute Gasteiger partial charge is 0.0991 e. The van der Waals surface area contributed by atoms with Crippen LogP contribution in [0.5, 0.6) is 0 Å². The molecule has 0 radical (unpaired) electrons. The second-order valence-electron chi connectivity index (χ2n) is 5.77. The maximum atomic E-state index is 3.78. The van der Waals surface area contributed by atoms with Crippen LogP contribution in [0, 0.1) is 0 Å². The lowest BCUT2D eigenvalue weighted by Gasteiger charge is -2.15. The van der Waals surface area contributed by atoms with Crippen molar-refractivity contribution in [3.8, 4) is 11.1 Å². The Morgan fingerprint density at radius 1 is 0.562 bits per heavy atom. The van der Waals surface area contributed by atoms with Crippen molar-refractivity contribution in [1.82, 2.24) is 0 Å². The van der Waals surface area contributed by atoms with E-state index in [1.54, 1.807) is 12.2 Å². The smallest absolute Gasteiger partial charge is 0.00993 e. The maximum absolute atomic E-state index is 3.78. The first-order chi connectivity index (χ1) is 15.8. The summed E-state index contributed by atoms with van der Waals surface area (Å²) in [6.07, 6.45) is 16.0. The van der Waals surface area contributed by atoms with Crippen molar-refractivity contribution >= 4 is 11.1 Å². The van der Waals surface area contributed by atoms with Crippen LogP contribution in [0.25, 0.3) is 22.3 Å². The summed E-state index contributed by atoms with van der Waals surface area (Å²) in [7, 11) is 0. The van der Waals surface area contributed by atoms with E-state index in [9.17, 15) is 0 Å². The maximum Gasteiger partial charge on any atom is -0.00993 e. The fourth-order valence-corrected chi connectivity index (χ4v) is 2.97. The van der Waals surface area contributed by atoms with Gasteiger partial charge in [-0.3, -0.25) is 0 Å². The van der Waals surface area contributed by atoms with Gasteiger partial charge in [-0.1, -0.05) is 152 Å². The van der Waals surface area contributed by atoms with E-state index >= 15 is 0 Å².